The summed E-state index contributed by atoms with van der Waals surface area (Å²) >= 11 is 0. The van der Waals surface area contributed by atoms with Gasteiger partial charge >= 0.3 is 0 Å². The molecule has 27 heavy (non-hydrogen) atoms. The van der Waals surface area contributed by atoms with Gasteiger partial charge in [0.1, 0.15) is 5.75 Å². The molecule has 148 valence electrons. The lowest BCUT2D eigenvalue weighted by Crippen LogP contribution is -2.26. The second-order valence-electron chi connectivity index (χ2n) is 8.98. The largest absolute Gasteiger partial charge is 0.494 e. The summed E-state index contributed by atoms with van der Waals surface area (Å²) < 4.78 is 5.83. The highest BCUT2D eigenvalue weighted by Crippen LogP contribution is 2.42. The third-order valence-electron chi connectivity index (χ3n) is 7.16. The van der Waals surface area contributed by atoms with Gasteiger partial charge in [-0.2, -0.15) is 5.26 Å². The van der Waals surface area contributed by atoms with Crippen LogP contribution in [0.15, 0.2) is 24.3 Å². The van der Waals surface area contributed by atoms with Crippen molar-refractivity contribution in [3.63, 3.8) is 0 Å². The highest BCUT2D eigenvalue weighted by Gasteiger charge is 2.30. The topological polar surface area (TPSA) is 33.0 Å². The standard InChI is InChI=1S/C25H37NO/c1-2-4-20-6-12-23(13-7-20)24-14-8-21(9-15-24)5-3-18-27-25-16-10-22(19-26)11-17-25/h10-11,16-17,20-21,23-24H,2-9,12-15,18H2,1H3/t20-,21?,23-,24?. The van der Waals surface area contributed by atoms with Gasteiger partial charge in [0, 0.05) is 0 Å². The monoisotopic (exact) mass is 367 g/mol. The molecule has 0 heterocycles. The first-order chi connectivity index (χ1) is 13.3. The highest BCUT2D eigenvalue weighted by molar-refractivity contribution is 5.34. The molecule has 0 aliphatic heterocycles. The van der Waals surface area contributed by atoms with E-state index >= 15 is 0 Å². The highest BCUT2D eigenvalue weighted by atomic mass is 16.5. The number of nitriles is 1. The van der Waals surface area contributed by atoms with Crippen molar-refractivity contribution in [3.8, 4) is 11.8 Å². The average Bonchev–Trinajstić information content (AvgIpc) is 2.73. The Kier molecular flexibility index (Phi) is 8.06. The van der Waals surface area contributed by atoms with Crippen LogP contribution >= 0.6 is 0 Å². The zero-order chi connectivity index (χ0) is 18.9. The van der Waals surface area contributed by atoms with Crippen LogP contribution in [0.2, 0.25) is 0 Å². The molecule has 1 aromatic rings. The average molecular weight is 368 g/mol. The minimum Gasteiger partial charge on any atom is -0.494 e. The van der Waals surface area contributed by atoms with Crippen molar-refractivity contribution >= 4 is 0 Å². The molecule has 0 spiro atoms. The summed E-state index contributed by atoms with van der Waals surface area (Å²) in [4.78, 5) is 0. The van der Waals surface area contributed by atoms with E-state index in [0.29, 0.717) is 5.56 Å². The molecule has 0 N–H and O–H groups in total. The van der Waals surface area contributed by atoms with Crippen molar-refractivity contribution < 1.29 is 4.74 Å². The molecule has 2 aliphatic carbocycles. The zero-order valence-electron chi connectivity index (χ0n) is 17.2. The molecule has 0 saturated heterocycles. The van der Waals surface area contributed by atoms with Crippen LogP contribution in [0.25, 0.3) is 0 Å². The first-order valence-electron chi connectivity index (χ1n) is 11.4. The molecule has 0 radical (unpaired) electrons. The molecule has 0 atom stereocenters. The summed E-state index contributed by atoms with van der Waals surface area (Å²) in [6.45, 7) is 3.13. The first kappa shape index (κ1) is 20.2. The number of rotatable bonds is 8. The molecule has 2 nitrogen and oxygen atoms in total. The Morgan fingerprint density at radius 3 is 1.93 bits per heavy atom. The summed E-state index contributed by atoms with van der Waals surface area (Å²) in [5.74, 6) is 4.91. The SMILES string of the molecule is CCC[C@H]1CC[C@H](C2CCC(CCCOc3ccc(C#N)cc3)CC2)CC1. The van der Waals surface area contributed by atoms with E-state index in [-0.39, 0.29) is 0 Å². The van der Waals surface area contributed by atoms with E-state index in [0.717, 1.165) is 42.4 Å². The molecule has 2 aliphatic rings. The summed E-state index contributed by atoms with van der Waals surface area (Å²) in [5, 5.41) is 8.83. The number of nitrogens with zero attached hydrogens (tertiary/aromatic N) is 1. The molecule has 0 aromatic heterocycles. The van der Waals surface area contributed by atoms with Gasteiger partial charge in [-0.1, -0.05) is 45.4 Å². The van der Waals surface area contributed by atoms with Gasteiger partial charge < -0.3 is 4.74 Å². The fourth-order valence-electron chi connectivity index (χ4n) is 5.49. The lowest BCUT2D eigenvalue weighted by molar-refractivity contribution is 0.138. The Labute approximate surface area is 166 Å². The van der Waals surface area contributed by atoms with Crippen LogP contribution in [0.1, 0.15) is 89.5 Å². The van der Waals surface area contributed by atoms with E-state index in [1.54, 1.807) is 0 Å². The van der Waals surface area contributed by atoms with Crippen molar-refractivity contribution in [1.29, 1.82) is 5.26 Å². The molecule has 0 amide bonds. The first-order valence-corrected chi connectivity index (χ1v) is 11.4. The van der Waals surface area contributed by atoms with Crippen molar-refractivity contribution in [2.75, 3.05) is 6.61 Å². The van der Waals surface area contributed by atoms with Crippen LogP contribution in [0, 0.1) is 35.0 Å². The lowest BCUT2D eigenvalue weighted by atomic mass is 9.68. The number of hydrogen-bond acceptors (Lipinski definition) is 2. The summed E-state index contributed by atoms with van der Waals surface area (Å²) in [5.41, 5.74) is 0.693. The molecule has 0 unspecified atom stereocenters. The predicted molar refractivity (Wildman–Crippen MR) is 112 cm³/mol. The van der Waals surface area contributed by atoms with Gasteiger partial charge in [-0.05, 0) is 86.5 Å². The van der Waals surface area contributed by atoms with Gasteiger partial charge in [-0.25, -0.2) is 0 Å². The Balaban J connectivity index is 1.28. The van der Waals surface area contributed by atoms with Gasteiger partial charge in [0.15, 0.2) is 0 Å². The van der Waals surface area contributed by atoms with Crippen molar-refractivity contribution in [1.82, 2.24) is 0 Å². The maximum Gasteiger partial charge on any atom is 0.119 e. The molecule has 2 saturated carbocycles. The van der Waals surface area contributed by atoms with Crippen LogP contribution < -0.4 is 4.74 Å². The molecule has 3 rings (SSSR count). The number of hydrogen-bond donors (Lipinski definition) is 0. The second-order valence-corrected chi connectivity index (χ2v) is 8.98. The molecule has 1 aromatic carbocycles. The minimum absolute atomic E-state index is 0.693. The Morgan fingerprint density at radius 1 is 0.852 bits per heavy atom. The zero-order valence-corrected chi connectivity index (χ0v) is 17.2. The van der Waals surface area contributed by atoms with Crippen molar-refractivity contribution in [2.45, 2.75) is 84.0 Å². The smallest absolute Gasteiger partial charge is 0.119 e. The van der Waals surface area contributed by atoms with Gasteiger partial charge in [-0.3, -0.25) is 0 Å². The van der Waals surface area contributed by atoms with Gasteiger partial charge in [0.25, 0.3) is 0 Å². The van der Waals surface area contributed by atoms with Crippen LogP contribution in [0.4, 0.5) is 0 Å². The number of ether oxygens (including phenoxy) is 1. The lowest BCUT2D eigenvalue weighted by Gasteiger charge is -2.38. The third-order valence-corrected chi connectivity index (χ3v) is 7.16. The summed E-state index contributed by atoms with van der Waals surface area (Å²) in [6.07, 6.45) is 17.2. The van der Waals surface area contributed by atoms with Crippen LogP contribution in [-0.4, -0.2) is 6.61 Å². The van der Waals surface area contributed by atoms with Gasteiger partial charge in [-0.15, -0.1) is 0 Å². The van der Waals surface area contributed by atoms with E-state index in [4.69, 9.17) is 10.00 Å². The van der Waals surface area contributed by atoms with Crippen molar-refractivity contribution in [2.24, 2.45) is 23.7 Å². The van der Waals surface area contributed by atoms with E-state index in [9.17, 15) is 0 Å². The minimum atomic E-state index is 0.693. The van der Waals surface area contributed by atoms with Gasteiger partial charge in [0.05, 0.1) is 18.2 Å². The molecule has 2 heteroatoms. The Morgan fingerprint density at radius 2 is 1.41 bits per heavy atom. The molecule has 0 bridgehead atoms. The maximum absolute atomic E-state index is 8.83. The fraction of sp³-hybridized carbons (Fsp3) is 0.720. The third kappa shape index (κ3) is 6.27. The predicted octanol–water partition coefficient (Wildman–Crippen LogP) is 7.13. The van der Waals surface area contributed by atoms with E-state index < -0.39 is 0 Å². The Bertz CT molecular complexity index is 571. The molecular formula is C25H37NO. The van der Waals surface area contributed by atoms with Crippen LogP contribution in [0.5, 0.6) is 5.75 Å². The number of benzene rings is 1. The Hall–Kier alpha value is -1.49. The normalized spacial score (nSPS) is 28.4. The second kappa shape index (κ2) is 10.7. The summed E-state index contributed by atoms with van der Waals surface area (Å²) in [6, 6.07) is 9.60. The van der Waals surface area contributed by atoms with E-state index in [2.05, 4.69) is 13.0 Å². The van der Waals surface area contributed by atoms with Gasteiger partial charge in [0.2, 0.25) is 0 Å². The molecule has 2 fully saturated rings. The quantitative estimate of drug-likeness (QED) is 0.458. The summed E-state index contributed by atoms with van der Waals surface area (Å²) in [7, 11) is 0. The fourth-order valence-corrected chi connectivity index (χ4v) is 5.49. The van der Waals surface area contributed by atoms with Crippen LogP contribution in [-0.2, 0) is 0 Å². The van der Waals surface area contributed by atoms with E-state index in [1.807, 2.05) is 24.3 Å². The molecular weight excluding hydrogens is 330 g/mol. The van der Waals surface area contributed by atoms with Crippen LogP contribution in [0.3, 0.4) is 0 Å². The maximum atomic E-state index is 8.83. The van der Waals surface area contributed by atoms with E-state index in [1.165, 1.54) is 70.6 Å². The van der Waals surface area contributed by atoms with Crippen molar-refractivity contribution in [3.05, 3.63) is 29.8 Å².